The van der Waals surface area contributed by atoms with Crippen molar-refractivity contribution in [2.75, 3.05) is 31.8 Å². The molecule has 0 aliphatic carbocycles. The molecular formula is C23H57BrO8Si5. The molecule has 0 bridgehead atoms. The van der Waals surface area contributed by atoms with Gasteiger partial charge in [-0.2, -0.15) is 0 Å². The summed E-state index contributed by atoms with van der Waals surface area (Å²) in [5.41, 5.74) is 0. The van der Waals surface area contributed by atoms with Crippen LogP contribution in [-0.4, -0.2) is 91.6 Å². The van der Waals surface area contributed by atoms with E-state index < -0.39 is 48.7 Å². The SMILES string of the molecule is CC(O)COC(C)COCCC[Si](C)(O[Si](C)(C)C)O[Si](C)(OCCCCBr)O[Si](C)(C)O[Si](C)(C)C. The molecule has 0 radical (unpaired) electrons. The van der Waals surface area contributed by atoms with Crippen LogP contribution in [0, 0.1) is 0 Å². The summed E-state index contributed by atoms with van der Waals surface area (Å²) in [6, 6.07) is 0.785. The standard InChI is InChI=1S/C23H57BrO8Si5/c1-22(25)20-27-23(2)21-26-17-15-19-36(11,30-34(6,7)8)32-37(12,28-18-14-13-16-24)31-35(9,10)29-33(3,4)5/h22-23,25H,13-21H2,1-12H3. The van der Waals surface area contributed by atoms with E-state index in [9.17, 15) is 5.11 Å². The molecule has 0 saturated carbocycles. The maximum atomic E-state index is 9.38. The van der Waals surface area contributed by atoms with E-state index >= 15 is 0 Å². The lowest BCUT2D eigenvalue weighted by Crippen LogP contribution is -2.61. The largest absolute Gasteiger partial charge is 0.479 e. The molecular weight excluding hydrogens is 625 g/mol. The third-order valence-corrected chi connectivity index (χ3v) is 22.5. The van der Waals surface area contributed by atoms with Crippen LogP contribution in [-0.2, 0) is 30.4 Å². The van der Waals surface area contributed by atoms with Gasteiger partial charge in [0.15, 0.2) is 16.6 Å². The van der Waals surface area contributed by atoms with Gasteiger partial charge in [0.2, 0.25) is 0 Å². The first kappa shape index (κ1) is 38.2. The van der Waals surface area contributed by atoms with Crippen molar-refractivity contribution in [3.63, 3.8) is 0 Å². The van der Waals surface area contributed by atoms with E-state index in [1.54, 1.807) is 6.92 Å². The summed E-state index contributed by atoms with van der Waals surface area (Å²) in [4.78, 5) is 0. The van der Waals surface area contributed by atoms with Crippen LogP contribution in [0.3, 0.4) is 0 Å². The van der Waals surface area contributed by atoms with Gasteiger partial charge in [0, 0.05) is 25.1 Å². The van der Waals surface area contributed by atoms with Gasteiger partial charge in [-0.05, 0) is 98.1 Å². The van der Waals surface area contributed by atoms with Crippen molar-refractivity contribution in [3.05, 3.63) is 0 Å². The van der Waals surface area contributed by atoms with Crippen LogP contribution in [0.4, 0.5) is 0 Å². The van der Waals surface area contributed by atoms with Crippen LogP contribution in [0.1, 0.15) is 33.1 Å². The van der Waals surface area contributed by atoms with Crippen molar-refractivity contribution >= 4 is 58.5 Å². The van der Waals surface area contributed by atoms with Crippen molar-refractivity contribution < 1.29 is 35.5 Å². The van der Waals surface area contributed by atoms with Gasteiger partial charge in [-0.3, -0.25) is 0 Å². The van der Waals surface area contributed by atoms with Gasteiger partial charge in [-0.1, -0.05) is 15.9 Å². The van der Waals surface area contributed by atoms with Crippen LogP contribution in [0.5, 0.6) is 0 Å². The number of hydrogen-bond donors (Lipinski definition) is 1. The van der Waals surface area contributed by atoms with Crippen molar-refractivity contribution in [2.24, 2.45) is 0 Å². The maximum absolute atomic E-state index is 9.38. The number of ether oxygens (including phenoxy) is 2. The van der Waals surface area contributed by atoms with Crippen molar-refractivity contribution in [2.45, 2.75) is 117 Å². The van der Waals surface area contributed by atoms with Gasteiger partial charge in [0.1, 0.15) is 0 Å². The Morgan fingerprint density at radius 3 is 1.81 bits per heavy atom. The van der Waals surface area contributed by atoms with Gasteiger partial charge in [-0.15, -0.1) is 0 Å². The second-order valence-corrected chi connectivity index (χ2v) is 32.5. The molecule has 0 rings (SSSR count). The number of rotatable bonds is 22. The summed E-state index contributed by atoms with van der Waals surface area (Å²) < 4.78 is 44.8. The van der Waals surface area contributed by atoms with Crippen LogP contribution in [0.2, 0.25) is 71.5 Å². The second kappa shape index (κ2) is 17.3. The monoisotopic (exact) mass is 680 g/mol. The fraction of sp³-hybridized carbons (Fsp3) is 1.00. The predicted octanol–water partition coefficient (Wildman–Crippen LogP) is 6.45. The smallest absolute Gasteiger partial charge is 0.437 e. The zero-order valence-corrected chi connectivity index (χ0v) is 32.3. The van der Waals surface area contributed by atoms with Gasteiger partial charge in [-0.25, -0.2) is 0 Å². The van der Waals surface area contributed by atoms with E-state index in [1.165, 1.54) is 0 Å². The minimum atomic E-state index is -3.06. The molecule has 0 saturated heterocycles. The molecule has 0 aliphatic rings. The van der Waals surface area contributed by atoms with Crippen LogP contribution >= 0.6 is 15.9 Å². The summed E-state index contributed by atoms with van der Waals surface area (Å²) in [6.45, 7) is 27.1. The summed E-state index contributed by atoms with van der Waals surface area (Å²) in [5, 5.41) is 10.3. The van der Waals surface area contributed by atoms with Gasteiger partial charge in [0.25, 0.3) is 0 Å². The molecule has 14 heteroatoms. The predicted molar refractivity (Wildman–Crippen MR) is 168 cm³/mol. The molecule has 1 N–H and O–H groups in total. The second-order valence-electron chi connectivity index (χ2n) is 12.4. The highest BCUT2D eigenvalue weighted by Gasteiger charge is 2.51. The molecule has 0 fully saturated rings. The van der Waals surface area contributed by atoms with Crippen molar-refractivity contribution in [1.29, 1.82) is 0 Å². The Kier molecular flexibility index (Phi) is 17.8. The molecule has 0 aromatic carbocycles. The first-order valence-corrected chi connectivity index (χ1v) is 29.1. The number of alkyl halides is 1. The van der Waals surface area contributed by atoms with E-state index in [2.05, 4.69) is 74.9 Å². The maximum Gasteiger partial charge on any atom is 0.479 e. The highest BCUT2D eigenvalue weighted by molar-refractivity contribution is 9.09. The highest BCUT2D eigenvalue weighted by atomic mass is 79.9. The summed E-state index contributed by atoms with van der Waals surface area (Å²) in [5.74, 6) is 0. The Balaban J connectivity index is 5.44. The molecule has 4 unspecified atom stereocenters. The van der Waals surface area contributed by atoms with E-state index in [4.69, 9.17) is 30.4 Å². The third-order valence-electron chi connectivity index (χ3n) is 4.69. The first-order valence-electron chi connectivity index (χ1n) is 13.6. The van der Waals surface area contributed by atoms with Gasteiger partial charge >= 0.3 is 25.9 Å². The zero-order chi connectivity index (χ0) is 29.0. The molecule has 4 atom stereocenters. The van der Waals surface area contributed by atoms with Gasteiger partial charge < -0.3 is 35.5 Å². The summed E-state index contributed by atoms with van der Waals surface area (Å²) in [6.07, 6.45) is 2.25. The molecule has 37 heavy (non-hydrogen) atoms. The molecule has 0 aromatic heterocycles. The van der Waals surface area contributed by atoms with E-state index in [-0.39, 0.29) is 6.10 Å². The Labute approximate surface area is 241 Å². The fourth-order valence-corrected chi connectivity index (χ4v) is 26.4. The van der Waals surface area contributed by atoms with Crippen molar-refractivity contribution in [3.8, 4) is 0 Å². The topological polar surface area (TPSA) is 84.8 Å². The molecule has 0 aromatic rings. The van der Waals surface area contributed by atoms with Crippen LogP contribution in [0.15, 0.2) is 0 Å². The van der Waals surface area contributed by atoms with E-state index in [0.717, 1.165) is 30.6 Å². The Bertz CT molecular complexity index is 621. The Hall–Kier alpha value is 1.24. The quantitative estimate of drug-likeness (QED) is 0.0794. The number of hydrogen-bond acceptors (Lipinski definition) is 8. The molecule has 224 valence electrons. The minimum Gasteiger partial charge on any atom is -0.437 e. The molecule has 0 spiro atoms. The Morgan fingerprint density at radius 1 is 0.703 bits per heavy atom. The summed E-state index contributed by atoms with van der Waals surface area (Å²) >= 11 is 3.50. The van der Waals surface area contributed by atoms with Gasteiger partial charge in [0.05, 0.1) is 25.4 Å². The summed E-state index contributed by atoms with van der Waals surface area (Å²) in [7, 11) is -11.9. The molecule has 8 nitrogen and oxygen atoms in total. The van der Waals surface area contributed by atoms with Crippen LogP contribution < -0.4 is 0 Å². The number of unbranched alkanes of at least 4 members (excludes halogenated alkanes) is 1. The minimum absolute atomic E-state index is 0.0664. The van der Waals surface area contributed by atoms with Crippen molar-refractivity contribution in [1.82, 2.24) is 0 Å². The lowest BCUT2D eigenvalue weighted by atomic mass is 10.4. The first-order chi connectivity index (χ1) is 16.7. The zero-order valence-electron chi connectivity index (χ0n) is 25.7. The lowest BCUT2D eigenvalue weighted by Gasteiger charge is -2.43. The lowest BCUT2D eigenvalue weighted by molar-refractivity contribution is -0.0364. The number of halogens is 1. The fourth-order valence-electron chi connectivity index (χ4n) is 4.00. The van der Waals surface area contributed by atoms with E-state index in [0.29, 0.717) is 26.4 Å². The normalized spacial score (nSPS) is 18.3. The molecule has 0 heterocycles. The third kappa shape index (κ3) is 21.6. The molecule has 0 amide bonds. The van der Waals surface area contributed by atoms with Crippen LogP contribution in [0.25, 0.3) is 0 Å². The Morgan fingerprint density at radius 2 is 1.30 bits per heavy atom. The number of aliphatic hydroxyl groups excluding tert-OH is 1. The molecule has 0 aliphatic heterocycles. The number of aliphatic hydroxyl groups is 1. The average molecular weight is 682 g/mol. The highest BCUT2D eigenvalue weighted by Crippen LogP contribution is 2.30. The van der Waals surface area contributed by atoms with E-state index in [1.807, 2.05) is 13.5 Å². The average Bonchev–Trinajstić information content (AvgIpc) is 2.65.